The van der Waals surface area contributed by atoms with Gasteiger partial charge in [-0.05, 0) is 49.2 Å². The third-order valence-electron chi connectivity index (χ3n) is 4.77. The summed E-state index contributed by atoms with van der Waals surface area (Å²) in [7, 11) is 0. The molecular weight excluding hydrogens is 347 g/mol. The number of carbonyl (C=O) groups excluding carboxylic acids is 2. The van der Waals surface area contributed by atoms with Gasteiger partial charge < -0.3 is 10.6 Å². The summed E-state index contributed by atoms with van der Waals surface area (Å²) in [6.07, 6.45) is 5.86. The zero-order valence-electron chi connectivity index (χ0n) is 14.6. The van der Waals surface area contributed by atoms with E-state index in [4.69, 9.17) is 0 Å². The minimum absolute atomic E-state index is 0.146. The zero-order valence-corrected chi connectivity index (χ0v) is 14.6. The highest BCUT2D eigenvalue weighted by atomic mass is 19.1. The fraction of sp³-hybridized carbons (Fsp3) is 0.250. The zero-order chi connectivity index (χ0) is 18.8. The number of rotatable bonds is 4. The Morgan fingerprint density at radius 2 is 1.78 bits per heavy atom. The predicted octanol–water partition coefficient (Wildman–Crippen LogP) is 3.40. The van der Waals surface area contributed by atoms with E-state index in [0.29, 0.717) is 5.65 Å². The van der Waals surface area contributed by atoms with Crippen molar-refractivity contribution in [2.24, 2.45) is 0 Å². The normalized spacial score (nSPS) is 14.4. The van der Waals surface area contributed by atoms with Crippen LogP contribution < -0.4 is 10.6 Å². The minimum atomic E-state index is -0.451. The van der Waals surface area contributed by atoms with Crippen LogP contribution in [0.1, 0.15) is 46.5 Å². The van der Waals surface area contributed by atoms with Crippen LogP contribution in [0.2, 0.25) is 0 Å². The van der Waals surface area contributed by atoms with Gasteiger partial charge in [0.2, 0.25) is 0 Å². The molecule has 27 heavy (non-hydrogen) atoms. The third kappa shape index (κ3) is 3.53. The van der Waals surface area contributed by atoms with E-state index in [1.807, 2.05) is 6.07 Å². The van der Waals surface area contributed by atoms with Crippen molar-refractivity contribution >= 4 is 23.3 Å². The average molecular weight is 366 g/mol. The minimum Gasteiger partial charge on any atom is -0.348 e. The highest BCUT2D eigenvalue weighted by molar-refractivity contribution is 6.08. The topological polar surface area (TPSA) is 75.5 Å². The van der Waals surface area contributed by atoms with Gasteiger partial charge in [-0.3, -0.25) is 14.0 Å². The van der Waals surface area contributed by atoms with Crippen LogP contribution in [0.3, 0.4) is 0 Å². The molecule has 1 saturated carbocycles. The maximum absolute atomic E-state index is 13.1. The highest BCUT2D eigenvalue weighted by Crippen LogP contribution is 2.22. The summed E-state index contributed by atoms with van der Waals surface area (Å²) in [4.78, 5) is 29.8. The summed E-state index contributed by atoms with van der Waals surface area (Å²) in [5.41, 5.74) is 1.13. The Hall–Kier alpha value is -3.22. The molecule has 1 aliphatic carbocycles. The molecule has 3 aromatic rings. The van der Waals surface area contributed by atoms with Crippen LogP contribution in [0.15, 0.2) is 48.7 Å². The molecule has 7 heteroatoms. The predicted molar refractivity (Wildman–Crippen MR) is 99.3 cm³/mol. The number of fused-ring (bicyclic) bond motifs is 1. The molecule has 0 spiro atoms. The van der Waals surface area contributed by atoms with Gasteiger partial charge in [0.25, 0.3) is 11.8 Å². The van der Waals surface area contributed by atoms with Crippen molar-refractivity contribution in [1.82, 2.24) is 14.7 Å². The molecule has 2 N–H and O–H groups in total. The first-order valence-corrected chi connectivity index (χ1v) is 8.97. The van der Waals surface area contributed by atoms with Crippen molar-refractivity contribution in [1.29, 1.82) is 0 Å². The first-order chi connectivity index (χ1) is 13.1. The number of nitrogens with one attached hydrogen (secondary N) is 2. The van der Waals surface area contributed by atoms with Crippen molar-refractivity contribution in [3.8, 4) is 0 Å². The molecule has 138 valence electrons. The summed E-state index contributed by atoms with van der Waals surface area (Å²) >= 11 is 0. The number of hydrogen-bond acceptors (Lipinski definition) is 3. The SMILES string of the molecule is O=C(Nc1nc2ccccn2c1C(=O)NC1CCCC1)c1ccc(F)cc1. The van der Waals surface area contributed by atoms with E-state index in [1.165, 1.54) is 24.3 Å². The molecule has 0 radical (unpaired) electrons. The van der Waals surface area contributed by atoms with Crippen LogP contribution in [0.5, 0.6) is 0 Å². The Morgan fingerprint density at radius 3 is 2.52 bits per heavy atom. The van der Waals surface area contributed by atoms with Crippen LogP contribution in [0.25, 0.3) is 5.65 Å². The molecule has 0 atom stereocenters. The van der Waals surface area contributed by atoms with Gasteiger partial charge in [0.1, 0.15) is 11.5 Å². The molecule has 2 heterocycles. The number of pyridine rings is 1. The standard InChI is InChI=1S/C20H19FN4O2/c21-14-10-8-13(9-11-14)19(26)24-18-17(20(27)22-15-5-1-2-6-15)25-12-4-3-7-16(25)23-18/h3-4,7-12,15H,1-2,5-6H2,(H,22,27)(H,24,26). The number of hydrogen-bond donors (Lipinski definition) is 2. The third-order valence-corrected chi connectivity index (χ3v) is 4.77. The van der Waals surface area contributed by atoms with Crippen molar-refractivity contribution in [3.05, 3.63) is 65.7 Å². The molecule has 1 fully saturated rings. The first-order valence-electron chi connectivity index (χ1n) is 8.97. The van der Waals surface area contributed by atoms with Crippen molar-refractivity contribution in [2.45, 2.75) is 31.7 Å². The van der Waals surface area contributed by atoms with Crippen LogP contribution in [-0.2, 0) is 0 Å². The molecule has 2 amide bonds. The molecule has 1 aromatic carbocycles. The lowest BCUT2D eigenvalue weighted by Gasteiger charge is -2.13. The number of carbonyl (C=O) groups is 2. The number of anilines is 1. The van der Waals surface area contributed by atoms with E-state index in [9.17, 15) is 14.0 Å². The highest BCUT2D eigenvalue weighted by Gasteiger charge is 2.24. The number of amides is 2. The molecule has 4 rings (SSSR count). The second-order valence-corrected chi connectivity index (χ2v) is 6.65. The maximum Gasteiger partial charge on any atom is 0.272 e. The fourth-order valence-electron chi connectivity index (χ4n) is 3.40. The lowest BCUT2D eigenvalue weighted by Crippen LogP contribution is -2.34. The van der Waals surface area contributed by atoms with Crippen molar-refractivity contribution < 1.29 is 14.0 Å². The fourth-order valence-corrected chi connectivity index (χ4v) is 3.40. The van der Waals surface area contributed by atoms with E-state index >= 15 is 0 Å². The van der Waals surface area contributed by atoms with Gasteiger partial charge in [-0.15, -0.1) is 0 Å². The summed E-state index contributed by atoms with van der Waals surface area (Å²) in [6, 6.07) is 10.7. The van der Waals surface area contributed by atoms with Crippen LogP contribution in [-0.4, -0.2) is 27.2 Å². The summed E-state index contributed by atoms with van der Waals surface area (Å²) in [5.74, 6) is -0.953. The van der Waals surface area contributed by atoms with E-state index in [0.717, 1.165) is 25.7 Å². The Bertz CT molecular complexity index is 991. The molecule has 1 aliphatic rings. The van der Waals surface area contributed by atoms with Crippen LogP contribution in [0, 0.1) is 5.82 Å². The van der Waals surface area contributed by atoms with Gasteiger partial charge in [0.05, 0.1) is 0 Å². The molecule has 0 saturated heterocycles. The Kier molecular flexibility index (Phi) is 4.58. The van der Waals surface area contributed by atoms with Crippen LogP contribution >= 0.6 is 0 Å². The van der Waals surface area contributed by atoms with Gasteiger partial charge in [-0.25, -0.2) is 9.37 Å². The van der Waals surface area contributed by atoms with E-state index in [1.54, 1.807) is 22.7 Å². The Morgan fingerprint density at radius 1 is 1.04 bits per heavy atom. The number of nitrogens with zero attached hydrogens (tertiary/aromatic N) is 2. The Labute approximate surface area is 155 Å². The van der Waals surface area contributed by atoms with Gasteiger partial charge in [0, 0.05) is 17.8 Å². The largest absolute Gasteiger partial charge is 0.348 e. The quantitative estimate of drug-likeness (QED) is 0.743. The van der Waals surface area contributed by atoms with Gasteiger partial charge in [0.15, 0.2) is 11.5 Å². The molecule has 0 aliphatic heterocycles. The molecular formula is C20H19FN4O2. The molecule has 0 unspecified atom stereocenters. The van der Waals surface area contributed by atoms with Gasteiger partial charge >= 0.3 is 0 Å². The number of halogens is 1. The van der Waals surface area contributed by atoms with E-state index in [-0.39, 0.29) is 29.0 Å². The monoisotopic (exact) mass is 366 g/mol. The molecule has 2 aromatic heterocycles. The summed E-state index contributed by atoms with van der Waals surface area (Å²) in [6.45, 7) is 0. The van der Waals surface area contributed by atoms with Crippen molar-refractivity contribution in [3.63, 3.8) is 0 Å². The number of imidazole rings is 1. The summed E-state index contributed by atoms with van der Waals surface area (Å²) < 4.78 is 14.7. The lowest BCUT2D eigenvalue weighted by atomic mass is 10.2. The number of aromatic nitrogens is 2. The number of benzene rings is 1. The van der Waals surface area contributed by atoms with Gasteiger partial charge in [-0.2, -0.15) is 0 Å². The van der Waals surface area contributed by atoms with E-state index < -0.39 is 11.7 Å². The molecule has 6 nitrogen and oxygen atoms in total. The van der Waals surface area contributed by atoms with Gasteiger partial charge in [-0.1, -0.05) is 18.9 Å². The van der Waals surface area contributed by atoms with E-state index in [2.05, 4.69) is 15.6 Å². The second-order valence-electron chi connectivity index (χ2n) is 6.65. The second kappa shape index (κ2) is 7.19. The average Bonchev–Trinajstić information content (AvgIpc) is 3.29. The summed E-state index contributed by atoms with van der Waals surface area (Å²) in [5, 5.41) is 5.72. The lowest BCUT2D eigenvalue weighted by molar-refractivity contribution is 0.0933. The maximum atomic E-state index is 13.1. The van der Waals surface area contributed by atoms with Crippen molar-refractivity contribution in [2.75, 3.05) is 5.32 Å². The Balaban J connectivity index is 1.65. The van der Waals surface area contributed by atoms with Crippen LogP contribution in [0.4, 0.5) is 10.2 Å². The first kappa shape index (κ1) is 17.2. The molecule has 0 bridgehead atoms. The smallest absolute Gasteiger partial charge is 0.272 e.